The van der Waals surface area contributed by atoms with Crippen molar-refractivity contribution in [1.29, 1.82) is 0 Å². The van der Waals surface area contributed by atoms with Crippen LogP contribution >= 0.6 is 0 Å². The molecule has 6 nitrogen and oxygen atoms in total. The first-order valence-electron chi connectivity index (χ1n) is 36.3. The Morgan fingerprint density at radius 3 is 0.744 bits per heavy atom. The zero-order valence-corrected chi connectivity index (χ0v) is 55.0. The van der Waals surface area contributed by atoms with E-state index in [4.69, 9.17) is 14.2 Å². The Hall–Kier alpha value is -2.89. The Bertz CT molecular complexity index is 1460. The van der Waals surface area contributed by atoms with E-state index in [1.54, 1.807) is 0 Å². The lowest BCUT2D eigenvalue weighted by Gasteiger charge is -2.18. The third-order valence-electron chi connectivity index (χ3n) is 16.2. The quantitative estimate of drug-likeness (QED) is 0.0261. The van der Waals surface area contributed by atoms with Gasteiger partial charge in [-0.2, -0.15) is 0 Å². The van der Waals surface area contributed by atoms with Crippen molar-refractivity contribution >= 4 is 17.9 Å². The molecule has 0 aliphatic heterocycles. The fourth-order valence-corrected chi connectivity index (χ4v) is 10.7. The lowest BCUT2D eigenvalue weighted by atomic mass is 10.0. The number of carbonyl (C=O) groups excluding carboxylic acids is 3. The summed E-state index contributed by atoms with van der Waals surface area (Å²) >= 11 is 0. The summed E-state index contributed by atoms with van der Waals surface area (Å²) in [6, 6.07) is 0. The first-order chi connectivity index (χ1) is 40.5. The van der Waals surface area contributed by atoms with Gasteiger partial charge in [-0.25, -0.2) is 0 Å². The maximum Gasteiger partial charge on any atom is 0.306 e. The third-order valence-corrected chi connectivity index (χ3v) is 16.2. The number of esters is 3. The Balaban J connectivity index is 4.13. The van der Waals surface area contributed by atoms with Crippen LogP contribution in [-0.2, 0) is 28.6 Å². The highest BCUT2D eigenvalue weighted by atomic mass is 16.6. The number of allylic oxidation sites excluding steroid dienone is 10. The van der Waals surface area contributed by atoms with E-state index in [0.29, 0.717) is 19.3 Å². The minimum absolute atomic E-state index is 0.0787. The summed E-state index contributed by atoms with van der Waals surface area (Å²) < 4.78 is 17.0. The summed E-state index contributed by atoms with van der Waals surface area (Å²) in [5.74, 6) is -0.880. The van der Waals surface area contributed by atoms with Gasteiger partial charge in [0.15, 0.2) is 6.10 Å². The summed E-state index contributed by atoms with van der Waals surface area (Å²) in [6.07, 6.45) is 91.3. The fraction of sp³-hybridized carbons (Fsp3) is 0.829. The molecule has 0 amide bonds. The normalized spacial score (nSPS) is 12.4. The van der Waals surface area contributed by atoms with Crippen LogP contribution in [0, 0.1) is 0 Å². The van der Waals surface area contributed by atoms with Gasteiger partial charge < -0.3 is 14.2 Å². The third kappa shape index (κ3) is 67.9. The summed E-state index contributed by atoms with van der Waals surface area (Å²) in [5.41, 5.74) is 0. The molecule has 1 unspecified atom stereocenters. The standard InChI is InChI=1S/C76H138O6/c1-4-7-10-13-16-19-22-25-27-29-31-32-33-34-35-36-37-38-39-40-41-42-43-44-45-47-48-51-54-57-60-63-66-69-75(78)81-72-73(71-80-74(77)68-65-62-59-56-53-50-24-21-18-15-12-9-6-3)82-76(79)70-67-64-61-58-55-52-49-46-30-28-26-23-20-17-14-11-8-5-2/h12,15,20-21,23-24,28-31,73H,4-11,13-14,16-19,22,25-27,32-72H2,1-3H3/b15-12-,23-20-,24-21-,30-28-,31-29-. The average molecular weight is 1150 g/mol. The van der Waals surface area contributed by atoms with Crippen molar-refractivity contribution in [3.05, 3.63) is 60.8 Å². The molecule has 0 radical (unpaired) electrons. The van der Waals surface area contributed by atoms with E-state index in [2.05, 4.69) is 81.5 Å². The maximum absolute atomic E-state index is 12.9. The molecule has 0 saturated heterocycles. The minimum atomic E-state index is -0.784. The van der Waals surface area contributed by atoms with Crippen LogP contribution in [0.3, 0.4) is 0 Å². The smallest absolute Gasteiger partial charge is 0.306 e. The SMILES string of the molecule is CCC/C=C\C/C=C\CCCCCCCC(=O)OCC(COC(=O)CCCCCCCCCCCCCCCCCCCCCCC/C=C\CCCCCCCCCC)OC(=O)CCCCCCCCC/C=C\C/C=C\CCCCCC. The molecule has 0 fully saturated rings. The van der Waals surface area contributed by atoms with E-state index >= 15 is 0 Å². The second-order valence-corrected chi connectivity index (χ2v) is 24.5. The minimum Gasteiger partial charge on any atom is -0.462 e. The van der Waals surface area contributed by atoms with E-state index < -0.39 is 6.10 Å². The van der Waals surface area contributed by atoms with Crippen LogP contribution < -0.4 is 0 Å². The zero-order chi connectivity index (χ0) is 59.2. The summed E-state index contributed by atoms with van der Waals surface area (Å²) in [6.45, 7) is 6.59. The predicted molar refractivity (Wildman–Crippen MR) is 358 cm³/mol. The van der Waals surface area contributed by atoms with Crippen LogP contribution in [0.4, 0.5) is 0 Å². The van der Waals surface area contributed by atoms with Crippen LogP contribution in [-0.4, -0.2) is 37.2 Å². The molecule has 1 atom stereocenters. The van der Waals surface area contributed by atoms with Crippen molar-refractivity contribution in [3.63, 3.8) is 0 Å². The van der Waals surface area contributed by atoms with E-state index in [1.165, 1.54) is 250 Å². The molecule has 82 heavy (non-hydrogen) atoms. The molecule has 0 aromatic heterocycles. The fourth-order valence-electron chi connectivity index (χ4n) is 10.7. The van der Waals surface area contributed by atoms with E-state index in [0.717, 1.165) is 96.3 Å². The molecule has 0 aromatic rings. The monoisotopic (exact) mass is 1150 g/mol. The van der Waals surface area contributed by atoms with Gasteiger partial charge in [-0.15, -0.1) is 0 Å². The number of rotatable bonds is 67. The highest BCUT2D eigenvalue weighted by Crippen LogP contribution is 2.18. The van der Waals surface area contributed by atoms with Gasteiger partial charge in [-0.1, -0.05) is 326 Å². The van der Waals surface area contributed by atoms with Gasteiger partial charge >= 0.3 is 17.9 Å². The van der Waals surface area contributed by atoms with Crippen molar-refractivity contribution in [2.24, 2.45) is 0 Å². The van der Waals surface area contributed by atoms with Crippen molar-refractivity contribution in [2.45, 2.75) is 393 Å². The molecule has 0 aliphatic carbocycles. The highest BCUT2D eigenvalue weighted by Gasteiger charge is 2.19. The average Bonchev–Trinajstić information content (AvgIpc) is 3.47. The first-order valence-corrected chi connectivity index (χ1v) is 36.3. The maximum atomic E-state index is 12.9. The molecule has 0 spiro atoms. The number of ether oxygens (including phenoxy) is 3. The molecule has 0 N–H and O–H groups in total. The van der Waals surface area contributed by atoms with Crippen molar-refractivity contribution in [1.82, 2.24) is 0 Å². The Morgan fingerprint density at radius 1 is 0.244 bits per heavy atom. The Labute approximate surface area is 510 Å². The number of carbonyl (C=O) groups is 3. The molecular formula is C76H138O6. The van der Waals surface area contributed by atoms with Gasteiger partial charge in [0.25, 0.3) is 0 Å². The summed E-state index contributed by atoms with van der Waals surface area (Å²) in [7, 11) is 0. The molecular weight excluding hydrogens is 1010 g/mol. The lowest BCUT2D eigenvalue weighted by Crippen LogP contribution is -2.30. The van der Waals surface area contributed by atoms with Crippen LogP contribution in [0.1, 0.15) is 387 Å². The van der Waals surface area contributed by atoms with Crippen LogP contribution in [0.5, 0.6) is 0 Å². The van der Waals surface area contributed by atoms with E-state index in [-0.39, 0.29) is 31.1 Å². The largest absolute Gasteiger partial charge is 0.462 e. The summed E-state index contributed by atoms with van der Waals surface area (Å²) in [4.78, 5) is 38.4. The van der Waals surface area contributed by atoms with Crippen LogP contribution in [0.15, 0.2) is 60.8 Å². The molecule has 478 valence electrons. The van der Waals surface area contributed by atoms with E-state index in [1.807, 2.05) is 0 Å². The lowest BCUT2D eigenvalue weighted by molar-refractivity contribution is -0.167. The van der Waals surface area contributed by atoms with Gasteiger partial charge in [-0.05, 0) is 103 Å². The Kier molecular flexibility index (Phi) is 68.1. The molecule has 0 rings (SSSR count). The van der Waals surface area contributed by atoms with Crippen molar-refractivity contribution in [3.8, 4) is 0 Å². The molecule has 0 bridgehead atoms. The second kappa shape index (κ2) is 70.6. The van der Waals surface area contributed by atoms with Crippen LogP contribution in [0.2, 0.25) is 0 Å². The molecule has 0 aromatic carbocycles. The predicted octanol–water partition coefficient (Wildman–Crippen LogP) is 25.1. The van der Waals surface area contributed by atoms with Gasteiger partial charge in [0.1, 0.15) is 13.2 Å². The van der Waals surface area contributed by atoms with Gasteiger partial charge in [-0.3, -0.25) is 14.4 Å². The second-order valence-electron chi connectivity index (χ2n) is 24.5. The van der Waals surface area contributed by atoms with Crippen LogP contribution in [0.25, 0.3) is 0 Å². The zero-order valence-electron chi connectivity index (χ0n) is 55.0. The first kappa shape index (κ1) is 79.1. The van der Waals surface area contributed by atoms with E-state index in [9.17, 15) is 14.4 Å². The summed E-state index contributed by atoms with van der Waals surface area (Å²) in [5, 5.41) is 0. The molecule has 0 aliphatic rings. The van der Waals surface area contributed by atoms with Crippen molar-refractivity contribution in [2.75, 3.05) is 13.2 Å². The highest BCUT2D eigenvalue weighted by molar-refractivity contribution is 5.71. The van der Waals surface area contributed by atoms with Gasteiger partial charge in [0, 0.05) is 19.3 Å². The Morgan fingerprint density at radius 2 is 0.463 bits per heavy atom. The topological polar surface area (TPSA) is 78.9 Å². The number of hydrogen-bond donors (Lipinski definition) is 0. The number of unbranched alkanes of at least 4 members (excludes halogenated alkanes) is 46. The van der Waals surface area contributed by atoms with Crippen molar-refractivity contribution < 1.29 is 28.6 Å². The van der Waals surface area contributed by atoms with Gasteiger partial charge in [0.2, 0.25) is 0 Å². The molecule has 6 heteroatoms. The van der Waals surface area contributed by atoms with Gasteiger partial charge in [0.05, 0.1) is 0 Å². The number of hydrogen-bond acceptors (Lipinski definition) is 6. The molecule has 0 saturated carbocycles. The molecule has 0 heterocycles.